The molecule has 0 spiro atoms. The van der Waals surface area contributed by atoms with Gasteiger partial charge in [0.2, 0.25) is 5.78 Å². The number of quaternary nitrogens is 1. The molecule has 134 valence electrons. The average molecular weight is 352 g/mol. The summed E-state index contributed by atoms with van der Waals surface area (Å²) in [5.74, 6) is -0.0179. The first-order chi connectivity index (χ1) is 12.6. The third-order valence-corrected chi connectivity index (χ3v) is 5.46. The number of piperazine rings is 1. The minimum atomic E-state index is -0.182. The number of anilines is 1. The van der Waals surface area contributed by atoms with Crippen LogP contribution < -0.4 is 9.80 Å². The van der Waals surface area contributed by atoms with Gasteiger partial charge in [-0.3, -0.25) is 4.79 Å². The Hall–Kier alpha value is -2.66. The number of Topliss-reactive ketones (excluding diaryl/α,β-unsaturated/α-hetero) is 1. The summed E-state index contributed by atoms with van der Waals surface area (Å²) >= 11 is 0. The zero-order valence-electron chi connectivity index (χ0n) is 14.8. The van der Waals surface area contributed by atoms with Gasteiger partial charge in [0, 0.05) is 22.7 Å². The highest BCUT2D eigenvalue weighted by atomic mass is 19.1. The number of nitrogens with zero attached hydrogens (tertiary/aromatic N) is 1. The van der Waals surface area contributed by atoms with Gasteiger partial charge in [0.1, 0.15) is 11.9 Å². The van der Waals surface area contributed by atoms with E-state index in [-0.39, 0.29) is 17.6 Å². The number of H-pyrrole nitrogens is 1. The van der Waals surface area contributed by atoms with Crippen molar-refractivity contribution in [1.29, 1.82) is 0 Å². The van der Waals surface area contributed by atoms with Gasteiger partial charge in [-0.2, -0.15) is 0 Å². The molecule has 1 aliphatic rings. The van der Waals surface area contributed by atoms with Crippen LogP contribution in [0.2, 0.25) is 0 Å². The lowest BCUT2D eigenvalue weighted by Gasteiger charge is -2.36. The van der Waals surface area contributed by atoms with Crippen molar-refractivity contribution >= 4 is 22.4 Å². The Morgan fingerprint density at radius 2 is 1.81 bits per heavy atom. The number of aromatic nitrogens is 1. The van der Waals surface area contributed by atoms with Gasteiger partial charge in [-0.15, -0.1) is 0 Å². The second kappa shape index (κ2) is 6.92. The summed E-state index contributed by atoms with van der Waals surface area (Å²) in [6, 6.07) is 14.7. The summed E-state index contributed by atoms with van der Waals surface area (Å²) in [4.78, 5) is 19.5. The molecule has 0 aliphatic carbocycles. The van der Waals surface area contributed by atoms with E-state index >= 15 is 0 Å². The molecule has 3 aromatic rings. The number of hydrogen-bond acceptors (Lipinski definition) is 2. The predicted octanol–water partition coefficient (Wildman–Crippen LogP) is 2.28. The summed E-state index contributed by atoms with van der Waals surface area (Å²) in [7, 11) is 0. The van der Waals surface area contributed by atoms with Gasteiger partial charge in [0.05, 0.1) is 31.9 Å². The highest BCUT2D eigenvalue weighted by Crippen LogP contribution is 2.20. The molecule has 2 N–H and O–H groups in total. The van der Waals surface area contributed by atoms with Crippen molar-refractivity contribution in [1.82, 2.24) is 4.98 Å². The van der Waals surface area contributed by atoms with Crippen molar-refractivity contribution in [2.24, 2.45) is 0 Å². The van der Waals surface area contributed by atoms with E-state index in [1.54, 1.807) is 6.07 Å². The summed E-state index contributed by atoms with van der Waals surface area (Å²) in [6.45, 7) is 5.15. The first-order valence-corrected chi connectivity index (χ1v) is 9.09. The smallest absolute Gasteiger partial charge is 0.221 e. The van der Waals surface area contributed by atoms with Crippen LogP contribution in [-0.4, -0.2) is 43.0 Å². The third-order valence-electron chi connectivity index (χ3n) is 5.46. The van der Waals surface area contributed by atoms with Crippen LogP contribution in [0.15, 0.2) is 54.7 Å². The van der Waals surface area contributed by atoms with E-state index in [0.717, 1.165) is 42.6 Å². The SMILES string of the molecule is C[C@H](C(=O)c1c[nH]c2ccccc12)[NH+]1CCN(c2ccccc2F)CC1. The maximum Gasteiger partial charge on any atom is 0.221 e. The lowest BCUT2D eigenvalue weighted by atomic mass is 10.0. The number of ketones is 1. The molecule has 4 nitrogen and oxygen atoms in total. The Morgan fingerprint density at radius 1 is 1.12 bits per heavy atom. The molecule has 2 heterocycles. The fraction of sp³-hybridized carbons (Fsp3) is 0.286. The van der Waals surface area contributed by atoms with Gasteiger partial charge < -0.3 is 14.8 Å². The molecule has 26 heavy (non-hydrogen) atoms. The maximum absolute atomic E-state index is 14.0. The Kier molecular flexibility index (Phi) is 4.47. The molecule has 1 aliphatic heterocycles. The number of halogens is 1. The Balaban J connectivity index is 1.46. The number of fused-ring (bicyclic) bond motifs is 1. The van der Waals surface area contributed by atoms with Crippen LogP contribution in [0.5, 0.6) is 0 Å². The molecular weight excluding hydrogens is 329 g/mol. The van der Waals surface area contributed by atoms with E-state index in [1.165, 1.54) is 11.0 Å². The van der Waals surface area contributed by atoms with Crippen LogP contribution in [0.3, 0.4) is 0 Å². The van der Waals surface area contributed by atoms with Crippen LogP contribution in [0, 0.1) is 5.82 Å². The van der Waals surface area contributed by atoms with E-state index < -0.39 is 0 Å². The number of hydrogen-bond donors (Lipinski definition) is 2. The highest BCUT2D eigenvalue weighted by Gasteiger charge is 2.31. The highest BCUT2D eigenvalue weighted by molar-refractivity contribution is 6.09. The zero-order valence-corrected chi connectivity index (χ0v) is 14.8. The molecule has 1 fully saturated rings. The second-order valence-corrected chi connectivity index (χ2v) is 6.93. The number of carbonyl (C=O) groups is 1. The topological polar surface area (TPSA) is 40.5 Å². The second-order valence-electron chi connectivity index (χ2n) is 6.93. The Labute approximate surface area is 152 Å². The molecule has 5 heteroatoms. The van der Waals surface area contributed by atoms with Gasteiger partial charge >= 0.3 is 0 Å². The number of benzene rings is 2. The summed E-state index contributed by atoms with van der Waals surface area (Å²) in [5.41, 5.74) is 2.40. The lowest BCUT2D eigenvalue weighted by Crippen LogP contribution is -3.18. The fourth-order valence-corrected chi connectivity index (χ4v) is 3.87. The van der Waals surface area contributed by atoms with Gasteiger partial charge in [0.25, 0.3) is 0 Å². The van der Waals surface area contributed by atoms with E-state index in [9.17, 15) is 9.18 Å². The van der Waals surface area contributed by atoms with Crippen molar-refractivity contribution in [2.75, 3.05) is 31.1 Å². The number of para-hydroxylation sites is 2. The first kappa shape index (κ1) is 16.8. The molecule has 2 aromatic carbocycles. The minimum absolute atomic E-state index is 0.114. The van der Waals surface area contributed by atoms with Gasteiger partial charge in [-0.25, -0.2) is 4.39 Å². The molecule has 1 atom stereocenters. The predicted molar refractivity (Wildman–Crippen MR) is 101 cm³/mol. The monoisotopic (exact) mass is 352 g/mol. The van der Waals surface area contributed by atoms with E-state index in [2.05, 4.69) is 9.88 Å². The standard InChI is InChI=1S/C21H22FN3O/c1-15(21(26)17-14-23-19-8-4-2-6-16(17)19)24-10-12-25(13-11-24)20-9-5-3-7-18(20)22/h2-9,14-15,23H,10-13H2,1H3/p+1/t15-/m1/s1. The van der Waals surface area contributed by atoms with Crippen molar-refractivity contribution in [3.05, 3.63) is 66.1 Å². The summed E-state index contributed by atoms with van der Waals surface area (Å²) in [5, 5.41) is 0.980. The number of aromatic amines is 1. The lowest BCUT2D eigenvalue weighted by molar-refractivity contribution is -0.914. The first-order valence-electron chi connectivity index (χ1n) is 9.09. The van der Waals surface area contributed by atoms with Gasteiger partial charge in [-0.1, -0.05) is 30.3 Å². The molecule has 1 aromatic heterocycles. The van der Waals surface area contributed by atoms with Crippen LogP contribution in [-0.2, 0) is 0 Å². The molecular formula is C21H23FN3O+. The van der Waals surface area contributed by atoms with Gasteiger partial charge in [-0.05, 0) is 25.1 Å². The fourth-order valence-electron chi connectivity index (χ4n) is 3.87. The van der Waals surface area contributed by atoms with Gasteiger partial charge in [0.15, 0.2) is 0 Å². The summed E-state index contributed by atoms with van der Waals surface area (Å²) in [6.07, 6.45) is 1.82. The van der Waals surface area contributed by atoms with Crippen molar-refractivity contribution in [3.63, 3.8) is 0 Å². The maximum atomic E-state index is 14.0. The molecule has 1 saturated heterocycles. The van der Waals surface area contributed by atoms with Crippen LogP contribution >= 0.6 is 0 Å². The molecule has 0 bridgehead atoms. The normalized spacial score (nSPS) is 16.8. The van der Waals surface area contributed by atoms with E-state index in [1.807, 2.05) is 49.5 Å². The zero-order chi connectivity index (χ0) is 18.1. The van der Waals surface area contributed by atoms with Crippen molar-refractivity contribution in [2.45, 2.75) is 13.0 Å². The third kappa shape index (κ3) is 2.99. The Bertz CT molecular complexity index is 928. The molecule has 4 rings (SSSR count). The van der Waals surface area contributed by atoms with Crippen molar-refractivity contribution < 1.29 is 14.1 Å². The minimum Gasteiger partial charge on any atom is -0.360 e. The summed E-state index contributed by atoms with van der Waals surface area (Å²) < 4.78 is 14.0. The largest absolute Gasteiger partial charge is 0.360 e. The average Bonchev–Trinajstić information content (AvgIpc) is 3.11. The van der Waals surface area contributed by atoms with E-state index in [0.29, 0.717) is 5.69 Å². The van der Waals surface area contributed by atoms with Crippen LogP contribution in [0.4, 0.5) is 10.1 Å². The molecule has 0 unspecified atom stereocenters. The number of carbonyl (C=O) groups excluding carboxylic acids is 1. The van der Waals surface area contributed by atoms with Crippen molar-refractivity contribution in [3.8, 4) is 0 Å². The number of nitrogens with one attached hydrogen (secondary N) is 2. The quantitative estimate of drug-likeness (QED) is 0.708. The molecule has 0 amide bonds. The molecule has 0 saturated carbocycles. The Morgan fingerprint density at radius 3 is 2.58 bits per heavy atom. The van der Waals surface area contributed by atoms with Crippen LogP contribution in [0.25, 0.3) is 10.9 Å². The molecule has 0 radical (unpaired) electrons. The van der Waals surface area contributed by atoms with Crippen LogP contribution in [0.1, 0.15) is 17.3 Å². The number of rotatable bonds is 4. The van der Waals surface area contributed by atoms with E-state index in [4.69, 9.17) is 0 Å².